The van der Waals surface area contributed by atoms with E-state index in [9.17, 15) is 4.79 Å². The van der Waals surface area contributed by atoms with Gasteiger partial charge >= 0.3 is 5.69 Å². The van der Waals surface area contributed by atoms with E-state index < -0.39 is 10.8 Å². The number of methoxy groups -OCH3 is 1. The van der Waals surface area contributed by atoms with E-state index in [0.29, 0.717) is 17.9 Å². The summed E-state index contributed by atoms with van der Waals surface area (Å²) in [4.78, 5) is 22.1. The predicted molar refractivity (Wildman–Crippen MR) is 132 cm³/mol. The Kier molecular flexibility index (Phi) is 4.31. The molecule has 1 saturated heterocycles. The third-order valence-electron chi connectivity index (χ3n) is 6.87. The van der Waals surface area contributed by atoms with Gasteiger partial charge in [0, 0.05) is 30.2 Å². The molecule has 3 aliphatic rings. The highest BCUT2D eigenvalue weighted by Crippen LogP contribution is 2.68. The zero-order valence-corrected chi connectivity index (χ0v) is 19.8. The monoisotopic (exact) mass is 479 g/mol. The lowest BCUT2D eigenvalue weighted by atomic mass is 10.0. The van der Waals surface area contributed by atoms with Crippen molar-refractivity contribution < 1.29 is 13.1 Å². The van der Waals surface area contributed by atoms with Gasteiger partial charge in [-0.3, -0.25) is 18.8 Å². The lowest BCUT2D eigenvalue weighted by molar-refractivity contribution is 0.0482. The molecule has 10 heteroatoms. The second-order valence-corrected chi connectivity index (χ2v) is 11.6. The van der Waals surface area contributed by atoms with Crippen LogP contribution in [0.3, 0.4) is 0 Å². The number of anilines is 1. The molecule has 7 rings (SSSR count). The maximum Gasteiger partial charge on any atom is 0.329 e. The van der Waals surface area contributed by atoms with Crippen LogP contribution in [0.1, 0.15) is 31.7 Å². The molecule has 34 heavy (non-hydrogen) atoms. The number of fused-ring (bicyclic) bond motifs is 3. The SMILES string of the molecule is COc1ncc(-c2ccc3ncc4c(c3c2)n(C2CC2)c(=O)n4C)cc1NS1(C2CC2)OCO1. The maximum atomic E-state index is 13.0. The van der Waals surface area contributed by atoms with Gasteiger partial charge in [-0.25, -0.2) is 18.1 Å². The number of pyridine rings is 2. The molecule has 0 amide bonds. The van der Waals surface area contributed by atoms with Gasteiger partial charge < -0.3 is 4.74 Å². The van der Waals surface area contributed by atoms with Crippen molar-refractivity contribution in [3.63, 3.8) is 0 Å². The fourth-order valence-corrected chi connectivity index (χ4v) is 6.92. The maximum absolute atomic E-state index is 13.0. The predicted octanol–water partition coefficient (Wildman–Crippen LogP) is 4.42. The van der Waals surface area contributed by atoms with Crippen LogP contribution >= 0.6 is 10.8 Å². The van der Waals surface area contributed by atoms with Crippen molar-refractivity contribution >= 4 is 38.4 Å². The number of benzene rings is 1. The Balaban J connectivity index is 1.36. The van der Waals surface area contributed by atoms with E-state index in [1.54, 1.807) is 24.1 Å². The van der Waals surface area contributed by atoms with Crippen LogP contribution in [0.15, 0.2) is 41.5 Å². The van der Waals surface area contributed by atoms with Crippen molar-refractivity contribution in [3.05, 3.63) is 47.1 Å². The summed E-state index contributed by atoms with van der Waals surface area (Å²) in [6.07, 6.45) is 7.88. The number of aromatic nitrogens is 4. The molecule has 2 aliphatic carbocycles. The van der Waals surface area contributed by atoms with Gasteiger partial charge in [0.15, 0.2) is 6.79 Å². The highest BCUT2D eigenvalue weighted by Gasteiger charge is 2.46. The fourth-order valence-electron chi connectivity index (χ4n) is 4.74. The van der Waals surface area contributed by atoms with E-state index in [0.717, 1.165) is 64.4 Å². The normalized spacial score (nSPS) is 20.3. The summed E-state index contributed by atoms with van der Waals surface area (Å²) in [5, 5.41) is 1.38. The first kappa shape index (κ1) is 20.3. The largest absolute Gasteiger partial charge is 0.479 e. The third-order valence-corrected chi connectivity index (χ3v) is 9.61. The van der Waals surface area contributed by atoms with E-state index in [1.165, 1.54) is 0 Å². The topological polar surface area (TPSA) is 92.4 Å². The van der Waals surface area contributed by atoms with Crippen LogP contribution in [0.25, 0.3) is 33.1 Å². The van der Waals surface area contributed by atoms with Crippen molar-refractivity contribution in [2.75, 3.05) is 18.6 Å². The van der Waals surface area contributed by atoms with Gasteiger partial charge in [0.2, 0.25) is 5.88 Å². The molecule has 0 bridgehead atoms. The first-order chi connectivity index (χ1) is 16.6. The van der Waals surface area contributed by atoms with Gasteiger partial charge in [0.1, 0.15) is 5.69 Å². The minimum atomic E-state index is -1.78. The van der Waals surface area contributed by atoms with Crippen molar-refractivity contribution in [1.29, 1.82) is 0 Å². The Bertz CT molecular complexity index is 1520. The number of nitrogens with zero attached hydrogens (tertiary/aromatic N) is 4. The third kappa shape index (κ3) is 2.98. The second-order valence-electron chi connectivity index (χ2n) is 9.15. The van der Waals surface area contributed by atoms with Crippen LogP contribution in [0.4, 0.5) is 5.69 Å². The van der Waals surface area contributed by atoms with E-state index in [-0.39, 0.29) is 11.7 Å². The van der Waals surface area contributed by atoms with Gasteiger partial charge in [-0.15, -0.1) is 10.8 Å². The van der Waals surface area contributed by atoms with E-state index >= 15 is 0 Å². The zero-order chi connectivity index (χ0) is 23.0. The minimum absolute atomic E-state index is 0.0173. The van der Waals surface area contributed by atoms with Crippen molar-refractivity contribution in [2.45, 2.75) is 37.0 Å². The molecule has 3 aromatic heterocycles. The van der Waals surface area contributed by atoms with E-state index in [1.807, 2.05) is 29.8 Å². The summed E-state index contributed by atoms with van der Waals surface area (Å²) >= 11 is 0. The Hall–Kier alpha value is -3.08. The molecule has 176 valence electrons. The van der Waals surface area contributed by atoms with E-state index in [2.05, 4.69) is 20.8 Å². The van der Waals surface area contributed by atoms with Crippen LogP contribution in [0.2, 0.25) is 0 Å². The summed E-state index contributed by atoms with van der Waals surface area (Å²) in [5.74, 6) is 0.505. The summed E-state index contributed by atoms with van der Waals surface area (Å²) in [6.45, 7) is 0.321. The van der Waals surface area contributed by atoms with Crippen LogP contribution < -0.4 is 15.1 Å². The average Bonchev–Trinajstić information content (AvgIpc) is 3.75. The highest BCUT2D eigenvalue weighted by atomic mass is 32.3. The Morgan fingerprint density at radius 3 is 2.59 bits per heavy atom. The molecule has 4 heterocycles. The van der Waals surface area contributed by atoms with Crippen molar-refractivity contribution in [2.24, 2.45) is 7.05 Å². The van der Waals surface area contributed by atoms with Gasteiger partial charge in [0.25, 0.3) is 0 Å². The molecule has 1 N–H and O–H groups in total. The molecule has 0 radical (unpaired) electrons. The van der Waals surface area contributed by atoms with Crippen LogP contribution in [0.5, 0.6) is 5.88 Å². The van der Waals surface area contributed by atoms with Gasteiger partial charge in [-0.05, 0) is 49.4 Å². The molecule has 2 saturated carbocycles. The lowest BCUT2D eigenvalue weighted by Crippen LogP contribution is -2.31. The smallest absolute Gasteiger partial charge is 0.329 e. The molecule has 0 unspecified atom stereocenters. The van der Waals surface area contributed by atoms with Crippen LogP contribution in [-0.4, -0.2) is 38.3 Å². The average molecular weight is 480 g/mol. The Morgan fingerprint density at radius 2 is 1.91 bits per heavy atom. The number of ether oxygens (including phenoxy) is 1. The molecule has 1 aliphatic heterocycles. The first-order valence-corrected chi connectivity index (χ1v) is 13.1. The van der Waals surface area contributed by atoms with Gasteiger partial charge in [-0.1, -0.05) is 6.07 Å². The standard InChI is InChI=1S/C24H25N5O4S/c1-28-21-12-25-19-8-3-14(9-18(19)22(21)29(24(28)30)16-4-5-16)15-10-20(23(31-2)26-11-15)27-34(17-6-7-17)32-13-33-34/h3,8-12,16-17,27H,4-7,13H2,1-2H3. The molecule has 4 aromatic rings. The molecule has 3 fully saturated rings. The number of hydrogen-bond acceptors (Lipinski definition) is 7. The Labute approximate surface area is 197 Å². The van der Waals surface area contributed by atoms with Crippen molar-refractivity contribution in [1.82, 2.24) is 19.1 Å². The number of aryl methyl sites for hydroxylation is 1. The molecular weight excluding hydrogens is 454 g/mol. The summed E-state index contributed by atoms with van der Waals surface area (Å²) in [5.41, 5.74) is 5.37. The fraction of sp³-hybridized carbons (Fsp3) is 0.375. The molecule has 0 atom stereocenters. The minimum Gasteiger partial charge on any atom is -0.479 e. The Morgan fingerprint density at radius 1 is 1.09 bits per heavy atom. The number of nitrogens with one attached hydrogen (secondary N) is 1. The van der Waals surface area contributed by atoms with Gasteiger partial charge in [0.05, 0.1) is 35.1 Å². The summed E-state index contributed by atoms with van der Waals surface area (Å²) in [7, 11) is 1.64. The van der Waals surface area contributed by atoms with Crippen molar-refractivity contribution in [3.8, 4) is 17.0 Å². The molecule has 9 nitrogen and oxygen atoms in total. The quantitative estimate of drug-likeness (QED) is 0.438. The lowest BCUT2D eigenvalue weighted by Gasteiger charge is -2.50. The van der Waals surface area contributed by atoms with Gasteiger partial charge in [-0.2, -0.15) is 0 Å². The number of rotatable bonds is 6. The van der Waals surface area contributed by atoms with E-state index in [4.69, 9.17) is 13.1 Å². The highest BCUT2D eigenvalue weighted by molar-refractivity contribution is 8.28. The molecule has 1 aromatic carbocycles. The van der Waals surface area contributed by atoms with Crippen LogP contribution in [-0.2, 0) is 15.4 Å². The second kappa shape index (κ2) is 7.21. The number of hydrogen-bond donors (Lipinski definition) is 1. The van der Waals surface area contributed by atoms with Crippen LogP contribution in [0, 0.1) is 0 Å². The summed E-state index contributed by atoms with van der Waals surface area (Å²) in [6, 6.07) is 8.45. The summed E-state index contributed by atoms with van der Waals surface area (Å²) < 4.78 is 24.4. The first-order valence-electron chi connectivity index (χ1n) is 11.5. The molecule has 0 spiro atoms. The number of imidazole rings is 1. The zero-order valence-electron chi connectivity index (χ0n) is 19.0. The molecular formula is C24H25N5O4S.